The van der Waals surface area contributed by atoms with E-state index in [9.17, 15) is 4.39 Å². The van der Waals surface area contributed by atoms with Gasteiger partial charge in [-0.25, -0.2) is 4.39 Å². The van der Waals surface area contributed by atoms with Gasteiger partial charge >= 0.3 is 0 Å². The average molecular weight is 237 g/mol. The Morgan fingerprint density at radius 2 is 2.35 bits per heavy atom. The van der Waals surface area contributed by atoms with Crippen molar-refractivity contribution in [1.82, 2.24) is 5.32 Å². The molecule has 1 aromatic rings. The standard InChI is InChI=1S/C14H20FNO/c1-10-3-4-12(15)8-13(10)14(16-2)7-11-5-6-17-9-11/h3-4,8,11,14,16H,5-7,9H2,1-2H3. The van der Waals surface area contributed by atoms with Gasteiger partial charge in [-0.2, -0.15) is 0 Å². The van der Waals surface area contributed by atoms with E-state index in [0.29, 0.717) is 5.92 Å². The van der Waals surface area contributed by atoms with Crippen molar-refractivity contribution in [1.29, 1.82) is 0 Å². The van der Waals surface area contributed by atoms with E-state index >= 15 is 0 Å². The number of aryl methyl sites for hydroxylation is 1. The number of halogens is 1. The predicted octanol–water partition coefficient (Wildman–Crippen LogP) is 2.82. The van der Waals surface area contributed by atoms with Crippen molar-refractivity contribution in [2.24, 2.45) is 5.92 Å². The van der Waals surface area contributed by atoms with Crippen LogP contribution >= 0.6 is 0 Å². The minimum absolute atomic E-state index is 0.159. The van der Waals surface area contributed by atoms with Crippen LogP contribution in [0.2, 0.25) is 0 Å². The summed E-state index contributed by atoms with van der Waals surface area (Å²) in [6.07, 6.45) is 2.13. The summed E-state index contributed by atoms with van der Waals surface area (Å²) >= 11 is 0. The van der Waals surface area contributed by atoms with Crippen molar-refractivity contribution >= 4 is 0 Å². The molecule has 1 heterocycles. The molecule has 3 heteroatoms. The summed E-state index contributed by atoms with van der Waals surface area (Å²) in [5.41, 5.74) is 2.21. The monoisotopic (exact) mass is 237 g/mol. The maximum Gasteiger partial charge on any atom is 0.123 e. The van der Waals surface area contributed by atoms with Crippen LogP contribution in [0.4, 0.5) is 4.39 Å². The molecule has 17 heavy (non-hydrogen) atoms. The molecule has 2 rings (SSSR count). The molecule has 1 fully saturated rings. The van der Waals surface area contributed by atoms with Gasteiger partial charge in [-0.1, -0.05) is 6.07 Å². The Balaban J connectivity index is 2.13. The molecule has 0 aromatic heterocycles. The molecule has 1 aromatic carbocycles. The van der Waals surface area contributed by atoms with E-state index in [4.69, 9.17) is 4.74 Å². The Hall–Kier alpha value is -0.930. The second kappa shape index (κ2) is 5.61. The Labute approximate surface area is 102 Å². The van der Waals surface area contributed by atoms with Gasteiger partial charge < -0.3 is 10.1 Å². The fourth-order valence-corrected chi connectivity index (χ4v) is 2.49. The van der Waals surface area contributed by atoms with E-state index in [1.807, 2.05) is 20.0 Å². The van der Waals surface area contributed by atoms with Crippen molar-refractivity contribution in [2.45, 2.75) is 25.8 Å². The van der Waals surface area contributed by atoms with Crippen molar-refractivity contribution < 1.29 is 9.13 Å². The topological polar surface area (TPSA) is 21.3 Å². The lowest BCUT2D eigenvalue weighted by Gasteiger charge is -2.21. The van der Waals surface area contributed by atoms with Crippen LogP contribution < -0.4 is 5.32 Å². The molecule has 0 aliphatic carbocycles. The van der Waals surface area contributed by atoms with E-state index in [0.717, 1.165) is 37.2 Å². The molecule has 2 atom stereocenters. The van der Waals surface area contributed by atoms with Crippen molar-refractivity contribution in [3.8, 4) is 0 Å². The zero-order chi connectivity index (χ0) is 12.3. The van der Waals surface area contributed by atoms with Crippen LogP contribution in [-0.2, 0) is 4.74 Å². The fourth-order valence-electron chi connectivity index (χ4n) is 2.49. The summed E-state index contributed by atoms with van der Waals surface area (Å²) in [6, 6.07) is 5.23. The number of nitrogens with one attached hydrogen (secondary N) is 1. The molecule has 1 aliphatic rings. The van der Waals surface area contributed by atoms with Gasteiger partial charge in [-0.05, 0) is 56.0 Å². The van der Waals surface area contributed by atoms with Gasteiger partial charge in [0, 0.05) is 19.3 Å². The normalized spacial score (nSPS) is 21.7. The predicted molar refractivity (Wildman–Crippen MR) is 66.5 cm³/mol. The third-order valence-corrected chi connectivity index (χ3v) is 3.56. The molecule has 0 spiro atoms. The van der Waals surface area contributed by atoms with Crippen molar-refractivity contribution in [3.05, 3.63) is 35.1 Å². The van der Waals surface area contributed by atoms with Crippen LogP contribution in [0.1, 0.15) is 30.0 Å². The Morgan fingerprint density at radius 1 is 1.53 bits per heavy atom. The molecular formula is C14H20FNO. The largest absolute Gasteiger partial charge is 0.381 e. The Morgan fingerprint density at radius 3 is 3.00 bits per heavy atom. The molecule has 0 amide bonds. The first-order valence-corrected chi connectivity index (χ1v) is 6.21. The summed E-state index contributed by atoms with van der Waals surface area (Å²) in [4.78, 5) is 0. The summed E-state index contributed by atoms with van der Waals surface area (Å²) in [7, 11) is 1.94. The molecule has 2 unspecified atom stereocenters. The number of benzene rings is 1. The zero-order valence-corrected chi connectivity index (χ0v) is 10.5. The van der Waals surface area contributed by atoms with Gasteiger partial charge in [0.15, 0.2) is 0 Å². The summed E-state index contributed by atoms with van der Waals surface area (Å²) in [6.45, 7) is 3.74. The van der Waals surface area contributed by atoms with Gasteiger partial charge in [0.25, 0.3) is 0 Å². The van der Waals surface area contributed by atoms with Crippen LogP contribution in [0, 0.1) is 18.7 Å². The number of hydrogen-bond acceptors (Lipinski definition) is 2. The lowest BCUT2D eigenvalue weighted by molar-refractivity contribution is 0.181. The van der Waals surface area contributed by atoms with Gasteiger partial charge in [0.1, 0.15) is 5.82 Å². The van der Waals surface area contributed by atoms with Gasteiger partial charge in [0.05, 0.1) is 0 Å². The van der Waals surface area contributed by atoms with Gasteiger partial charge in [0.2, 0.25) is 0 Å². The summed E-state index contributed by atoms with van der Waals surface area (Å²) in [5, 5.41) is 3.29. The molecule has 1 N–H and O–H groups in total. The van der Waals surface area contributed by atoms with E-state index in [-0.39, 0.29) is 11.9 Å². The minimum atomic E-state index is -0.159. The molecule has 0 radical (unpaired) electrons. The fraction of sp³-hybridized carbons (Fsp3) is 0.571. The maximum atomic E-state index is 13.3. The smallest absolute Gasteiger partial charge is 0.123 e. The third kappa shape index (κ3) is 3.05. The first-order valence-electron chi connectivity index (χ1n) is 6.21. The van der Waals surface area contributed by atoms with Crippen LogP contribution in [0.15, 0.2) is 18.2 Å². The molecule has 0 saturated carbocycles. The zero-order valence-electron chi connectivity index (χ0n) is 10.5. The summed E-state index contributed by atoms with van der Waals surface area (Å²) < 4.78 is 18.7. The third-order valence-electron chi connectivity index (χ3n) is 3.56. The quantitative estimate of drug-likeness (QED) is 0.869. The van der Waals surface area contributed by atoms with E-state index < -0.39 is 0 Å². The molecular weight excluding hydrogens is 217 g/mol. The second-order valence-electron chi connectivity index (χ2n) is 4.81. The minimum Gasteiger partial charge on any atom is -0.381 e. The highest BCUT2D eigenvalue weighted by atomic mass is 19.1. The maximum absolute atomic E-state index is 13.3. The number of hydrogen-bond donors (Lipinski definition) is 1. The lowest BCUT2D eigenvalue weighted by Crippen LogP contribution is -2.21. The first kappa shape index (κ1) is 12.5. The molecule has 1 aliphatic heterocycles. The highest BCUT2D eigenvalue weighted by Crippen LogP contribution is 2.28. The number of rotatable bonds is 4. The first-order chi connectivity index (χ1) is 8.20. The number of ether oxygens (including phenoxy) is 1. The Kier molecular flexibility index (Phi) is 4.13. The van der Waals surface area contributed by atoms with E-state index in [1.54, 1.807) is 6.07 Å². The van der Waals surface area contributed by atoms with Crippen LogP contribution in [-0.4, -0.2) is 20.3 Å². The molecule has 2 nitrogen and oxygen atoms in total. The van der Waals surface area contributed by atoms with Crippen LogP contribution in [0.5, 0.6) is 0 Å². The van der Waals surface area contributed by atoms with Gasteiger partial charge in [-0.3, -0.25) is 0 Å². The van der Waals surface area contributed by atoms with E-state index in [1.165, 1.54) is 6.07 Å². The molecule has 1 saturated heterocycles. The highest BCUT2D eigenvalue weighted by Gasteiger charge is 2.22. The highest BCUT2D eigenvalue weighted by molar-refractivity contribution is 5.29. The average Bonchev–Trinajstić information content (AvgIpc) is 2.82. The van der Waals surface area contributed by atoms with Gasteiger partial charge in [-0.15, -0.1) is 0 Å². The second-order valence-corrected chi connectivity index (χ2v) is 4.81. The van der Waals surface area contributed by atoms with Crippen LogP contribution in [0.3, 0.4) is 0 Å². The van der Waals surface area contributed by atoms with E-state index in [2.05, 4.69) is 5.32 Å². The van der Waals surface area contributed by atoms with Crippen molar-refractivity contribution in [2.75, 3.05) is 20.3 Å². The summed E-state index contributed by atoms with van der Waals surface area (Å²) in [5.74, 6) is 0.434. The van der Waals surface area contributed by atoms with Crippen molar-refractivity contribution in [3.63, 3.8) is 0 Å². The Bertz CT molecular complexity index is 374. The lowest BCUT2D eigenvalue weighted by atomic mass is 9.92. The SMILES string of the molecule is CNC(CC1CCOC1)c1cc(F)ccc1C. The molecule has 94 valence electrons. The van der Waals surface area contributed by atoms with Crippen LogP contribution in [0.25, 0.3) is 0 Å². The molecule has 0 bridgehead atoms.